The van der Waals surface area contributed by atoms with Crippen LogP contribution in [0, 0.1) is 0 Å². The molecule has 4 nitrogen and oxygen atoms in total. The predicted octanol–water partition coefficient (Wildman–Crippen LogP) is 3.87. The number of amides is 1. The van der Waals surface area contributed by atoms with Crippen LogP contribution in [-0.2, 0) is 11.2 Å². The number of hydrogen-bond donors (Lipinski definition) is 1. The Kier molecular flexibility index (Phi) is 3.45. The molecule has 1 amide bonds. The molecule has 110 valence electrons. The second-order valence-corrected chi connectivity index (χ2v) is 6.66. The second-order valence-electron chi connectivity index (χ2n) is 5.80. The fourth-order valence-corrected chi connectivity index (χ4v) is 3.18. The highest BCUT2D eigenvalue weighted by molar-refractivity contribution is 7.14. The van der Waals surface area contributed by atoms with Gasteiger partial charge < -0.3 is 10.1 Å². The molecule has 3 rings (SSSR count). The standard InChI is InChI=1S/C16H18N2O2S/c1-4-14(19)18-15-17-12(9-21-15)10-5-6-13-11(7-10)8-16(2,3)20-13/h5-7,9H,4,8H2,1-3H3,(H,17,18,19). The molecule has 0 saturated heterocycles. The van der Waals surface area contributed by atoms with Gasteiger partial charge in [0.25, 0.3) is 0 Å². The van der Waals surface area contributed by atoms with Gasteiger partial charge in [-0.15, -0.1) is 11.3 Å². The molecule has 1 aliphatic rings. The van der Waals surface area contributed by atoms with Crippen molar-refractivity contribution in [1.29, 1.82) is 0 Å². The van der Waals surface area contributed by atoms with Gasteiger partial charge in [-0.05, 0) is 37.6 Å². The largest absolute Gasteiger partial charge is 0.487 e. The summed E-state index contributed by atoms with van der Waals surface area (Å²) >= 11 is 1.45. The smallest absolute Gasteiger partial charge is 0.225 e. The lowest BCUT2D eigenvalue weighted by molar-refractivity contribution is -0.115. The molecule has 0 aliphatic carbocycles. The van der Waals surface area contributed by atoms with Crippen molar-refractivity contribution in [3.63, 3.8) is 0 Å². The Morgan fingerprint density at radius 2 is 2.29 bits per heavy atom. The van der Waals surface area contributed by atoms with Gasteiger partial charge in [-0.25, -0.2) is 4.98 Å². The predicted molar refractivity (Wildman–Crippen MR) is 84.9 cm³/mol. The molecule has 0 unspecified atom stereocenters. The first-order valence-corrected chi connectivity index (χ1v) is 7.92. The van der Waals surface area contributed by atoms with E-state index in [1.807, 2.05) is 24.4 Å². The van der Waals surface area contributed by atoms with Crippen molar-refractivity contribution >= 4 is 22.4 Å². The third-order valence-electron chi connectivity index (χ3n) is 3.43. The van der Waals surface area contributed by atoms with E-state index in [2.05, 4.69) is 30.2 Å². The molecule has 1 N–H and O–H groups in total. The summed E-state index contributed by atoms with van der Waals surface area (Å²) in [5, 5.41) is 5.40. The highest BCUT2D eigenvalue weighted by Gasteiger charge is 2.30. The Morgan fingerprint density at radius 1 is 1.48 bits per heavy atom. The number of rotatable bonds is 3. The van der Waals surface area contributed by atoms with Crippen LogP contribution in [0.1, 0.15) is 32.8 Å². The van der Waals surface area contributed by atoms with E-state index >= 15 is 0 Å². The van der Waals surface area contributed by atoms with Gasteiger partial charge in [-0.1, -0.05) is 6.92 Å². The molecule has 1 aromatic carbocycles. The normalized spacial score (nSPS) is 15.4. The molecule has 2 heterocycles. The summed E-state index contributed by atoms with van der Waals surface area (Å²) in [6, 6.07) is 6.15. The highest BCUT2D eigenvalue weighted by atomic mass is 32.1. The average Bonchev–Trinajstić information content (AvgIpc) is 2.99. The van der Waals surface area contributed by atoms with E-state index in [0.717, 1.165) is 23.4 Å². The quantitative estimate of drug-likeness (QED) is 0.936. The molecule has 1 aromatic heterocycles. The number of anilines is 1. The van der Waals surface area contributed by atoms with Crippen molar-refractivity contribution in [2.24, 2.45) is 0 Å². The summed E-state index contributed by atoms with van der Waals surface area (Å²) < 4.78 is 5.88. The first kappa shape index (κ1) is 14.1. The van der Waals surface area contributed by atoms with Crippen LogP contribution in [0.25, 0.3) is 11.3 Å². The Balaban J connectivity index is 1.84. The maximum Gasteiger partial charge on any atom is 0.225 e. The van der Waals surface area contributed by atoms with Crippen LogP contribution in [0.4, 0.5) is 5.13 Å². The number of thiazole rings is 1. The van der Waals surface area contributed by atoms with E-state index in [1.165, 1.54) is 16.9 Å². The first-order valence-electron chi connectivity index (χ1n) is 7.04. The Morgan fingerprint density at radius 3 is 3.05 bits per heavy atom. The van der Waals surface area contributed by atoms with Crippen molar-refractivity contribution in [3.05, 3.63) is 29.1 Å². The summed E-state index contributed by atoms with van der Waals surface area (Å²) in [4.78, 5) is 15.9. The highest BCUT2D eigenvalue weighted by Crippen LogP contribution is 2.37. The molecular formula is C16H18N2O2S. The van der Waals surface area contributed by atoms with Gasteiger partial charge in [0.1, 0.15) is 11.4 Å². The van der Waals surface area contributed by atoms with Crippen LogP contribution in [0.2, 0.25) is 0 Å². The molecule has 0 spiro atoms. The number of hydrogen-bond acceptors (Lipinski definition) is 4. The molecule has 0 saturated carbocycles. The minimum Gasteiger partial charge on any atom is -0.487 e. The van der Waals surface area contributed by atoms with E-state index in [4.69, 9.17) is 4.74 Å². The van der Waals surface area contributed by atoms with Gasteiger partial charge in [0.2, 0.25) is 5.91 Å². The van der Waals surface area contributed by atoms with Crippen molar-refractivity contribution in [2.75, 3.05) is 5.32 Å². The van der Waals surface area contributed by atoms with Crippen molar-refractivity contribution in [3.8, 4) is 17.0 Å². The van der Waals surface area contributed by atoms with Crippen LogP contribution >= 0.6 is 11.3 Å². The van der Waals surface area contributed by atoms with E-state index in [1.54, 1.807) is 0 Å². The van der Waals surface area contributed by atoms with Crippen LogP contribution in [-0.4, -0.2) is 16.5 Å². The van der Waals surface area contributed by atoms with Crippen LogP contribution < -0.4 is 10.1 Å². The van der Waals surface area contributed by atoms with Crippen LogP contribution in [0.15, 0.2) is 23.6 Å². The summed E-state index contributed by atoms with van der Waals surface area (Å²) in [6.07, 6.45) is 1.36. The molecule has 0 atom stereocenters. The molecule has 0 radical (unpaired) electrons. The minimum atomic E-state index is -0.136. The van der Waals surface area contributed by atoms with E-state index in [0.29, 0.717) is 11.6 Å². The van der Waals surface area contributed by atoms with E-state index in [9.17, 15) is 4.79 Å². The molecule has 1 aliphatic heterocycles. The number of nitrogens with zero attached hydrogens (tertiary/aromatic N) is 1. The lowest BCUT2D eigenvalue weighted by atomic mass is 10.00. The summed E-state index contributed by atoms with van der Waals surface area (Å²) in [6.45, 7) is 6.01. The van der Waals surface area contributed by atoms with Gasteiger partial charge >= 0.3 is 0 Å². The zero-order chi connectivity index (χ0) is 15.0. The number of aromatic nitrogens is 1. The molecular weight excluding hydrogens is 284 g/mol. The number of carbonyl (C=O) groups is 1. The van der Waals surface area contributed by atoms with Crippen molar-refractivity contribution in [1.82, 2.24) is 4.98 Å². The van der Waals surface area contributed by atoms with Gasteiger partial charge in [-0.2, -0.15) is 0 Å². The van der Waals surface area contributed by atoms with Gasteiger partial charge in [0.05, 0.1) is 5.69 Å². The third kappa shape index (κ3) is 2.93. The third-order valence-corrected chi connectivity index (χ3v) is 4.19. The maximum absolute atomic E-state index is 11.4. The fraction of sp³-hybridized carbons (Fsp3) is 0.375. The van der Waals surface area contributed by atoms with Crippen molar-refractivity contribution in [2.45, 2.75) is 39.2 Å². The lowest BCUT2D eigenvalue weighted by Gasteiger charge is -2.16. The Hall–Kier alpha value is -1.88. The van der Waals surface area contributed by atoms with Gasteiger partial charge in [0, 0.05) is 23.8 Å². The fourth-order valence-electron chi connectivity index (χ4n) is 2.44. The zero-order valence-corrected chi connectivity index (χ0v) is 13.2. The summed E-state index contributed by atoms with van der Waals surface area (Å²) in [5.41, 5.74) is 3.02. The van der Waals surface area contributed by atoms with Gasteiger partial charge in [-0.3, -0.25) is 4.79 Å². The molecule has 0 bridgehead atoms. The Bertz CT molecular complexity index is 691. The number of benzene rings is 1. The summed E-state index contributed by atoms with van der Waals surface area (Å²) in [7, 11) is 0. The van der Waals surface area contributed by atoms with Crippen LogP contribution in [0.3, 0.4) is 0 Å². The molecule has 21 heavy (non-hydrogen) atoms. The zero-order valence-electron chi connectivity index (χ0n) is 12.4. The molecule has 0 fully saturated rings. The number of fused-ring (bicyclic) bond motifs is 1. The van der Waals surface area contributed by atoms with E-state index < -0.39 is 0 Å². The monoisotopic (exact) mass is 302 g/mol. The maximum atomic E-state index is 11.4. The summed E-state index contributed by atoms with van der Waals surface area (Å²) in [5.74, 6) is 0.943. The van der Waals surface area contributed by atoms with Gasteiger partial charge in [0.15, 0.2) is 5.13 Å². The second kappa shape index (κ2) is 5.15. The van der Waals surface area contributed by atoms with E-state index in [-0.39, 0.29) is 11.5 Å². The average molecular weight is 302 g/mol. The molecule has 5 heteroatoms. The first-order chi connectivity index (χ1) is 9.97. The SMILES string of the molecule is CCC(=O)Nc1nc(-c2ccc3c(c2)CC(C)(C)O3)cs1. The topological polar surface area (TPSA) is 51.2 Å². The Labute approximate surface area is 128 Å². The van der Waals surface area contributed by atoms with Crippen LogP contribution in [0.5, 0.6) is 5.75 Å². The van der Waals surface area contributed by atoms with Crippen molar-refractivity contribution < 1.29 is 9.53 Å². The molecule has 2 aromatic rings. The number of ether oxygens (including phenoxy) is 1. The minimum absolute atomic E-state index is 0.0139. The number of nitrogens with one attached hydrogen (secondary N) is 1. The number of carbonyl (C=O) groups excluding carboxylic acids is 1. The lowest BCUT2D eigenvalue weighted by Crippen LogP contribution is -2.24.